The van der Waals surface area contributed by atoms with Crippen LogP contribution in [0.3, 0.4) is 0 Å². The number of aliphatic hydroxyl groups is 11. The number of allylic oxidation sites excluding steroid dienone is 12. The molecule has 11 N–H and O–H groups in total. The molecule has 67 heavy (non-hydrogen) atoms. The second kappa shape index (κ2) is 28.3. The Hall–Kier alpha value is -3.44. The first-order valence-electron chi connectivity index (χ1n) is 23.1. The molecule has 3 aliphatic rings. The zero-order valence-electron chi connectivity index (χ0n) is 39.3. The van der Waals surface area contributed by atoms with E-state index in [4.69, 9.17) is 23.7 Å². The normalized spacial score (nSPS) is 45.6. The van der Waals surface area contributed by atoms with Gasteiger partial charge in [0.25, 0.3) is 0 Å². The molecule has 3 rings (SSSR count). The third kappa shape index (κ3) is 18.1. The zero-order chi connectivity index (χ0) is 50.0. The number of methoxy groups -OCH3 is 1. The summed E-state index contributed by atoms with van der Waals surface area (Å²) in [5.41, 5.74) is 0. The topological polar surface area (TPSA) is 303 Å². The lowest BCUT2D eigenvalue weighted by molar-refractivity contribution is -0.348. The Balaban J connectivity index is 1.91. The summed E-state index contributed by atoms with van der Waals surface area (Å²) in [4.78, 5) is 25.7. The van der Waals surface area contributed by atoms with Gasteiger partial charge in [-0.15, -0.1) is 0 Å². The predicted octanol–water partition coefficient (Wildman–Crippen LogP) is 1.08. The summed E-state index contributed by atoms with van der Waals surface area (Å²) in [6.45, 7) is 8.43. The van der Waals surface area contributed by atoms with Crippen LogP contribution in [0.15, 0.2) is 85.1 Å². The second-order valence-electron chi connectivity index (χ2n) is 18.1. The third-order valence-electron chi connectivity index (χ3n) is 12.7. The standard InChI is InChI=1S/C49H76O18/c1-28-19-17-15-13-11-9-7-8-10-12-14-16-18-20-36(66-48-44(58)30(3)43(57)32(5)65-48)26-39-41(47(61)63-6)45(59)46(60)49(62,67-39)27-35(52)24-38(54)37(53)22-21-33(50)23-34(51)25-40(55)64-31(4)29(2)42(28)56/h7-20,28-39,41-46,48,50-54,56-60,62H,21-27H2,1-6H3/b8-7+,11-9+,12-10+,15-13+,16-14+,19-17+,20-18+. The number of hydrogen-bond acceptors (Lipinski definition) is 18. The van der Waals surface area contributed by atoms with Gasteiger partial charge in [0.05, 0.1) is 74.6 Å². The van der Waals surface area contributed by atoms with Gasteiger partial charge in [-0.25, -0.2) is 0 Å². The van der Waals surface area contributed by atoms with Crippen LogP contribution in [-0.2, 0) is 33.3 Å². The quantitative estimate of drug-likeness (QED) is 0.176. The Kier molecular flexibility index (Phi) is 24.4. The average Bonchev–Trinajstić information content (AvgIpc) is 3.27. The minimum Gasteiger partial charge on any atom is -0.469 e. The van der Waals surface area contributed by atoms with Gasteiger partial charge in [-0.1, -0.05) is 106 Å². The summed E-state index contributed by atoms with van der Waals surface area (Å²) in [5, 5.41) is 120. The SMILES string of the molecule is COC(=O)C1C2CC(OC3OC(C)C(O)C(C)C3O)/C=C/C=C/C=C/C=C/C=C/C=C/C=C/C(C)C(O)C(C)C(C)OC(=O)CC(O)CC(O)CCC(O)C(O)CC(O)CC(O)(O2)C(O)C1O. The first-order chi connectivity index (χ1) is 31.6. The molecule has 0 spiro atoms. The molecule has 3 aliphatic heterocycles. The lowest BCUT2D eigenvalue weighted by Crippen LogP contribution is -2.65. The largest absolute Gasteiger partial charge is 0.469 e. The van der Waals surface area contributed by atoms with E-state index in [1.54, 1.807) is 88.5 Å². The fraction of sp³-hybridized carbons (Fsp3) is 0.673. The highest BCUT2D eigenvalue weighted by atomic mass is 16.7. The molecule has 380 valence electrons. The van der Waals surface area contributed by atoms with Gasteiger partial charge < -0.3 is 79.9 Å². The van der Waals surface area contributed by atoms with Gasteiger partial charge in [-0.3, -0.25) is 9.59 Å². The van der Waals surface area contributed by atoms with Gasteiger partial charge in [0.2, 0.25) is 0 Å². The van der Waals surface area contributed by atoms with E-state index < -0.39 is 146 Å². The molecule has 0 aliphatic carbocycles. The zero-order valence-corrected chi connectivity index (χ0v) is 39.3. The fourth-order valence-corrected chi connectivity index (χ4v) is 8.24. The highest BCUT2D eigenvalue weighted by Gasteiger charge is 2.57. The first kappa shape index (κ1) is 57.9. The Morgan fingerprint density at radius 2 is 1.19 bits per heavy atom. The van der Waals surface area contributed by atoms with E-state index in [1.807, 2.05) is 31.2 Å². The van der Waals surface area contributed by atoms with Crippen LogP contribution in [-0.4, -0.2) is 173 Å². The molecule has 20 atom stereocenters. The lowest BCUT2D eigenvalue weighted by atomic mass is 9.80. The molecule has 0 radical (unpaired) electrons. The first-order valence-corrected chi connectivity index (χ1v) is 23.1. The number of esters is 2. The van der Waals surface area contributed by atoms with Gasteiger partial charge in [-0.05, 0) is 33.1 Å². The molecule has 0 aromatic rings. The minimum atomic E-state index is -2.74. The van der Waals surface area contributed by atoms with Crippen LogP contribution >= 0.6 is 0 Å². The second-order valence-corrected chi connectivity index (χ2v) is 18.1. The lowest BCUT2D eigenvalue weighted by Gasteiger charge is -2.48. The number of hydrogen-bond donors (Lipinski definition) is 11. The van der Waals surface area contributed by atoms with Crippen molar-refractivity contribution < 1.29 is 89.4 Å². The summed E-state index contributed by atoms with van der Waals surface area (Å²) >= 11 is 0. The van der Waals surface area contributed by atoms with Gasteiger partial charge in [-0.2, -0.15) is 0 Å². The van der Waals surface area contributed by atoms with E-state index in [1.165, 1.54) is 0 Å². The van der Waals surface area contributed by atoms with Crippen molar-refractivity contribution in [1.82, 2.24) is 0 Å². The Bertz CT molecular complexity index is 1710. The molecular weight excluding hydrogens is 877 g/mol. The van der Waals surface area contributed by atoms with Crippen molar-refractivity contribution in [3.05, 3.63) is 85.1 Å². The molecule has 0 aromatic carbocycles. The molecule has 2 saturated heterocycles. The van der Waals surface area contributed by atoms with Gasteiger partial charge in [0, 0.05) is 37.0 Å². The molecule has 2 bridgehead atoms. The number of fused-ring (bicyclic) bond motifs is 2. The number of cyclic esters (lactones) is 1. The van der Waals surface area contributed by atoms with Gasteiger partial charge in [0.15, 0.2) is 12.1 Å². The van der Waals surface area contributed by atoms with Crippen LogP contribution < -0.4 is 0 Å². The Morgan fingerprint density at radius 1 is 0.627 bits per heavy atom. The summed E-state index contributed by atoms with van der Waals surface area (Å²) in [5.74, 6) is -7.49. The van der Waals surface area contributed by atoms with Crippen LogP contribution in [0.25, 0.3) is 0 Å². The third-order valence-corrected chi connectivity index (χ3v) is 12.7. The van der Waals surface area contributed by atoms with Crippen molar-refractivity contribution in [2.75, 3.05) is 7.11 Å². The van der Waals surface area contributed by atoms with Crippen molar-refractivity contribution >= 4 is 11.9 Å². The summed E-state index contributed by atoms with van der Waals surface area (Å²) in [6.07, 6.45) is 1.71. The molecule has 18 heteroatoms. The number of ether oxygens (including phenoxy) is 5. The maximum atomic E-state index is 13.1. The smallest absolute Gasteiger partial charge is 0.314 e. The van der Waals surface area contributed by atoms with Crippen LogP contribution in [0.2, 0.25) is 0 Å². The molecule has 0 saturated carbocycles. The number of rotatable bonds is 3. The number of aliphatic hydroxyl groups excluding tert-OH is 10. The molecule has 3 heterocycles. The molecule has 18 nitrogen and oxygen atoms in total. The van der Waals surface area contributed by atoms with Gasteiger partial charge >= 0.3 is 11.9 Å². The molecule has 0 aromatic heterocycles. The van der Waals surface area contributed by atoms with Crippen LogP contribution in [0, 0.1) is 23.7 Å². The van der Waals surface area contributed by atoms with Crippen LogP contribution in [0.1, 0.15) is 79.6 Å². The van der Waals surface area contributed by atoms with E-state index in [0.29, 0.717) is 0 Å². The van der Waals surface area contributed by atoms with E-state index in [9.17, 15) is 65.8 Å². The minimum absolute atomic E-state index is 0.131. The maximum Gasteiger partial charge on any atom is 0.314 e. The fourth-order valence-electron chi connectivity index (χ4n) is 8.24. The highest BCUT2D eigenvalue weighted by molar-refractivity contribution is 5.74. The Morgan fingerprint density at radius 3 is 1.78 bits per heavy atom. The average molecular weight is 953 g/mol. The van der Waals surface area contributed by atoms with Crippen molar-refractivity contribution in [3.63, 3.8) is 0 Å². The number of carbonyl (C=O) groups is 2. The molecule has 20 unspecified atom stereocenters. The molecular formula is C49H76O18. The van der Waals surface area contributed by atoms with E-state index >= 15 is 0 Å². The van der Waals surface area contributed by atoms with E-state index in [-0.39, 0.29) is 31.6 Å². The summed E-state index contributed by atoms with van der Waals surface area (Å²) < 4.78 is 28.3. The van der Waals surface area contributed by atoms with Crippen molar-refractivity contribution in [3.8, 4) is 0 Å². The molecule has 2 fully saturated rings. The summed E-state index contributed by atoms with van der Waals surface area (Å²) in [6, 6.07) is 0. The Labute approximate surface area is 393 Å². The van der Waals surface area contributed by atoms with E-state index in [2.05, 4.69) is 0 Å². The summed E-state index contributed by atoms with van der Waals surface area (Å²) in [7, 11) is 1.05. The van der Waals surface area contributed by atoms with Crippen LogP contribution in [0.4, 0.5) is 0 Å². The van der Waals surface area contributed by atoms with Crippen LogP contribution in [0.5, 0.6) is 0 Å². The highest BCUT2D eigenvalue weighted by Crippen LogP contribution is 2.39. The number of carbonyl (C=O) groups excluding carboxylic acids is 2. The van der Waals surface area contributed by atoms with Crippen molar-refractivity contribution in [2.45, 2.75) is 177 Å². The van der Waals surface area contributed by atoms with Crippen molar-refractivity contribution in [2.24, 2.45) is 23.7 Å². The predicted molar refractivity (Wildman–Crippen MR) is 244 cm³/mol. The van der Waals surface area contributed by atoms with Crippen molar-refractivity contribution in [1.29, 1.82) is 0 Å². The van der Waals surface area contributed by atoms with Gasteiger partial charge in [0.1, 0.15) is 30.3 Å². The monoisotopic (exact) mass is 953 g/mol. The molecule has 0 amide bonds. The van der Waals surface area contributed by atoms with E-state index in [0.717, 1.165) is 7.11 Å². The maximum absolute atomic E-state index is 13.1.